The van der Waals surface area contributed by atoms with Crippen LogP contribution in [-0.2, 0) is 6.18 Å². The van der Waals surface area contributed by atoms with Gasteiger partial charge in [-0.05, 0) is 23.9 Å². The Kier molecular flexibility index (Phi) is 10.4. The van der Waals surface area contributed by atoms with E-state index in [0.29, 0.717) is 0 Å². The zero-order valence-corrected chi connectivity index (χ0v) is 12.3. The molecule has 0 amide bonds. The van der Waals surface area contributed by atoms with E-state index in [1.54, 1.807) is 0 Å². The molecule has 0 aliphatic rings. The summed E-state index contributed by atoms with van der Waals surface area (Å²) in [4.78, 5) is -0.450. The van der Waals surface area contributed by atoms with Crippen LogP contribution >= 0.6 is 11.8 Å². The van der Waals surface area contributed by atoms with Gasteiger partial charge in [-0.2, -0.15) is 23.7 Å². The summed E-state index contributed by atoms with van der Waals surface area (Å²) in [5, 5.41) is 18.2. The van der Waals surface area contributed by atoms with E-state index in [9.17, 15) is 17.6 Å². The average molecular weight is 306 g/mol. The zero-order chi connectivity index (χ0) is 16.3. The third-order valence-corrected chi connectivity index (χ3v) is 2.29. The number of halogens is 4. The van der Waals surface area contributed by atoms with E-state index in [2.05, 4.69) is 0 Å². The van der Waals surface area contributed by atoms with Crippen molar-refractivity contribution in [2.75, 3.05) is 0 Å². The summed E-state index contributed by atoms with van der Waals surface area (Å²) in [6.07, 6.45) is -4.96. The lowest BCUT2D eigenvalue weighted by molar-refractivity contribution is -0.140. The third kappa shape index (κ3) is 5.50. The second kappa shape index (κ2) is 10.1. The van der Waals surface area contributed by atoms with Crippen LogP contribution in [-0.4, -0.2) is 0 Å². The van der Waals surface area contributed by atoms with Crippen molar-refractivity contribution in [1.29, 1.82) is 10.5 Å². The molecule has 0 aromatic heterocycles. The highest BCUT2D eigenvalue weighted by molar-refractivity contribution is 8.03. The minimum absolute atomic E-state index is 0.273. The predicted molar refractivity (Wildman–Crippen MR) is 70.3 cm³/mol. The normalized spacial score (nSPS) is 9.10. The number of nitriles is 2. The molecule has 20 heavy (non-hydrogen) atoms. The van der Waals surface area contributed by atoms with E-state index in [-0.39, 0.29) is 11.8 Å². The molecule has 0 atom stereocenters. The molecule has 1 rings (SSSR count). The maximum absolute atomic E-state index is 13.4. The van der Waals surface area contributed by atoms with E-state index < -0.39 is 28.0 Å². The van der Waals surface area contributed by atoms with Gasteiger partial charge in [-0.25, -0.2) is 4.39 Å². The van der Waals surface area contributed by atoms with Crippen LogP contribution in [0.2, 0.25) is 0 Å². The van der Waals surface area contributed by atoms with Crippen molar-refractivity contribution in [3.8, 4) is 11.5 Å². The Morgan fingerprint density at radius 3 is 1.90 bits per heavy atom. The molecule has 7 heteroatoms. The highest BCUT2D eigenvalue weighted by Crippen LogP contribution is 2.37. The fraction of sp³-hybridized carbons (Fsp3) is 0.385. The summed E-state index contributed by atoms with van der Waals surface area (Å²) in [7, 11) is 0. The fourth-order valence-electron chi connectivity index (χ4n) is 1.06. The van der Waals surface area contributed by atoms with E-state index in [4.69, 9.17) is 10.5 Å². The van der Waals surface area contributed by atoms with Gasteiger partial charge >= 0.3 is 6.18 Å². The minimum atomic E-state index is -4.96. The quantitative estimate of drug-likeness (QED) is 0.399. The molecular weight excluding hydrogens is 292 g/mol. The Labute approximate surface area is 120 Å². The number of rotatable bonds is 1. The Morgan fingerprint density at radius 2 is 1.55 bits per heavy atom. The second-order valence-corrected chi connectivity index (χ2v) is 3.43. The van der Waals surface area contributed by atoms with Gasteiger partial charge in [0.25, 0.3) is 0 Å². The number of thioether (sulfide) groups is 1. The van der Waals surface area contributed by atoms with E-state index in [1.807, 2.05) is 27.7 Å². The molecule has 0 aliphatic carbocycles. The monoisotopic (exact) mass is 306 g/mol. The molecule has 1 aromatic rings. The van der Waals surface area contributed by atoms with Crippen LogP contribution in [0.4, 0.5) is 17.6 Å². The van der Waals surface area contributed by atoms with Crippen molar-refractivity contribution in [3.63, 3.8) is 0 Å². The van der Waals surface area contributed by atoms with Crippen LogP contribution in [0.25, 0.3) is 0 Å². The highest BCUT2D eigenvalue weighted by atomic mass is 32.2. The van der Waals surface area contributed by atoms with Crippen LogP contribution in [0.5, 0.6) is 0 Å². The molecule has 0 fully saturated rings. The largest absolute Gasteiger partial charge is 0.420 e. The van der Waals surface area contributed by atoms with E-state index in [0.717, 1.165) is 12.1 Å². The summed E-state index contributed by atoms with van der Waals surface area (Å²) in [6.45, 7) is 8.00. The number of thiocyanates is 1. The van der Waals surface area contributed by atoms with Crippen LogP contribution in [0, 0.1) is 27.8 Å². The first-order chi connectivity index (χ1) is 9.41. The lowest BCUT2D eigenvalue weighted by atomic mass is 10.1. The SMILES string of the molecule is CC.CC.N#CSc1ccc(C#N)c(C(F)(F)F)c1F. The van der Waals surface area contributed by atoms with Gasteiger partial charge in [0.1, 0.15) is 11.0 Å². The van der Waals surface area contributed by atoms with Crippen LogP contribution < -0.4 is 0 Å². The summed E-state index contributed by atoms with van der Waals surface area (Å²) in [5.41, 5.74) is -2.43. The van der Waals surface area contributed by atoms with Gasteiger partial charge in [-0.1, -0.05) is 27.7 Å². The Balaban J connectivity index is 0. The zero-order valence-electron chi connectivity index (χ0n) is 11.5. The Bertz CT molecular complexity index is 499. The molecule has 0 saturated heterocycles. The van der Waals surface area contributed by atoms with Crippen molar-refractivity contribution in [2.45, 2.75) is 38.8 Å². The molecule has 1 aromatic carbocycles. The fourth-order valence-corrected chi connectivity index (χ4v) is 1.48. The maximum atomic E-state index is 13.4. The molecule has 0 aliphatic heterocycles. The lowest BCUT2D eigenvalue weighted by Gasteiger charge is -2.11. The van der Waals surface area contributed by atoms with Crippen molar-refractivity contribution in [1.82, 2.24) is 0 Å². The molecule has 0 heterocycles. The number of hydrogen-bond acceptors (Lipinski definition) is 3. The number of nitrogens with zero attached hydrogens (tertiary/aromatic N) is 2. The van der Waals surface area contributed by atoms with Crippen molar-refractivity contribution < 1.29 is 17.6 Å². The highest BCUT2D eigenvalue weighted by Gasteiger charge is 2.38. The van der Waals surface area contributed by atoms with Gasteiger partial charge in [0.2, 0.25) is 0 Å². The number of benzene rings is 1. The molecule has 0 bridgehead atoms. The van der Waals surface area contributed by atoms with E-state index >= 15 is 0 Å². The molecule has 2 nitrogen and oxygen atoms in total. The lowest BCUT2D eigenvalue weighted by Crippen LogP contribution is -2.11. The summed E-state index contributed by atoms with van der Waals surface area (Å²) >= 11 is 0.273. The van der Waals surface area contributed by atoms with Gasteiger partial charge in [-0.15, -0.1) is 0 Å². The number of hydrogen-bond donors (Lipinski definition) is 0. The third-order valence-electron chi connectivity index (χ3n) is 1.67. The molecule has 0 unspecified atom stereocenters. The first kappa shape index (κ1) is 20.6. The second-order valence-electron chi connectivity index (χ2n) is 2.60. The molecule has 110 valence electrons. The molecule has 0 spiro atoms. The van der Waals surface area contributed by atoms with Crippen LogP contribution in [0.1, 0.15) is 38.8 Å². The van der Waals surface area contributed by atoms with Crippen LogP contribution in [0.15, 0.2) is 17.0 Å². The van der Waals surface area contributed by atoms with Crippen molar-refractivity contribution in [2.24, 2.45) is 0 Å². The molecule has 0 saturated carbocycles. The van der Waals surface area contributed by atoms with Crippen molar-refractivity contribution in [3.05, 3.63) is 29.1 Å². The standard InChI is InChI=1S/C9H2F4N2S.2C2H6/c10-8-6(16-4-15)2-1-5(3-14)7(8)9(11,12)13;2*1-2/h1-2H;2*1-2H3. The Hall–Kier alpha value is -1.73. The van der Waals surface area contributed by atoms with Crippen molar-refractivity contribution >= 4 is 11.8 Å². The topological polar surface area (TPSA) is 47.6 Å². The maximum Gasteiger partial charge on any atom is 0.420 e. The smallest absolute Gasteiger partial charge is 0.205 e. The molecule has 0 radical (unpaired) electrons. The van der Waals surface area contributed by atoms with Gasteiger partial charge < -0.3 is 0 Å². The minimum Gasteiger partial charge on any atom is -0.205 e. The predicted octanol–water partition coefficient (Wildman–Crippen LogP) is 5.34. The van der Waals surface area contributed by atoms with Crippen LogP contribution in [0.3, 0.4) is 0 Å². The molecular formula is C13H14F4N2S. The summed E-state index contributed by atoms with van der Waals surface area (Å²) < 4.78 is 50.7. The van der Waals surface area contributed by atoms with Gasteiger partial charge in [0.15, 0.2) is 5.82 Å². The first-order valence-corrected chi connectivity index (χ1v) is 6.59. The average Bonchev–Trinajstić information content (AvgIpc) is 2.44. The summed E-state index contributed by atoms with van der Waals surface area (Å²) in [6, 6.07) is 3.07. The Morgan fingerprint density at radius 1 is 1.05 bits per heavy atom. The van der Waals surface area contributed by atoms with Gasteiger partial charge in [0, 0.05) is 0 Å². The molecule has 0 N–H and O–H groups in total. The first-order valence-electron chi connectivity index (χ1n) is 5.77. The van der Waals surface area contributed by atoms with Gasteiger partial charge in [-0.3, -0.25) is 0 Å². The summed E-state index contributed by atoms with van der Waals surface area (Å²) in [5.74, 6) is -1.59. The number of alkyl halides is 3. The van der Waals surface area contributed by atoms with E-state index in [1.165, 1.54) is 11.5 Å². The van der Waals surface area contributed by atoms with Gasteiger partial charge in [0.05, 0.1) is 16.5 Å².